The number of hydrogen-bond donors (Lipinski definition) is 2. The van der Waals surface area contributed by atoms with Crippen LogP contribution in [-0.2, 0) is 17.6 Å². The molecule has 0 spiro atoms. The number of aryl methyl sites for hydroxylation is 2. The van der Waals surface area contributed by atoms with E-state index in [0.717, 1.165) is 29.8 Å². The van der Waals surface area contributed by atoms with E-state index in [1.807, 2.05) is 12.1 Å². The molecule has 1 aromatic carbocycles. The molecule has 1 aliphatic rings. The summed E-state index contributed by atoms with van der Waals surface area (Å²) in [5.41, 5.74) is 4.56. The van der Waals surface area contributed by atoms with Crippen molar-refractivity contribution in [2.45, 2.75) is 18.0 Å². The van der Waals surface area contributed by atoms with Gasteiger partial charge in [0.2, 0.25) is 0 Å². The molecule has 2 aromatic rings. The summed E-state index contributed by atoms with van der Waals surface area (Å²) in [6.45, 7) is 0. The summed E-state index contributed by atoms with van der Waals surface area (Å²) >= 11 is 1.23. The predicted octanol–water partition coefficient (Wildman–Crippen LogP) is 2.35. The fraction of sp³-hybridized carbons (Fsp3) is 0.231. The zero-order valence-corrected chi connectivity index (χ0v) is 10.5. The van der Waals surface area contributed by atoms with Crippen molar-refractivity contribution in [2.24, 2.45) is 0 Å². The normalized spacial score (nSPS) is 12.9. The average molecular weight is 260 g/mol. The number of nitrogens with one attached hydrogen (secondary N) is 1. The van der Waals surface area contributed by atoms with E-state index in [1.54, 1.807) is 0 Å². The van der Waals surface area contributed by atoms with Crippen LogP contribution in [0.4, 0.5) is 0 Å². The summed E-state index contributed by atoms with van der Waals surface area (Å²) in [7, 11) is 0. The number of imidazole rings is 1. The van der Waals surface area contributed by atoms with E-state index in [2.05, 4.69) is 22.1 Å². The predicted molar refractivity (Wildman–Crippen MR) is 69.8 cm³/mol. The number of aliphatic carboxylic acids is 1. The smallest absolute Gasteiger partial charge is 0.313 e. The summed E-state index contributed by atoms with van der Waals surface area (Å²) < 4.78 is 0. The van der Waals surface area contributed by atoms with E-state index in [-0.39, 0.29) is 5.75 Å². The monoisotopic (exact) mass is 260 g/mol. The summed E-state index contributed by atoms with van der Waals surface area (Å²) in [5, 5.41) is 9.37. The summed E-state index contributed by atoms with van der Waals surface area (Å²) in [6.07, 6.45) is 1.95. The van der Waals surface area contributed by atoms with Crippen LogP contribution in [0.1, 0.15) is 11.3 Å². The summed E-state index contributed by atoms with van der Waals surface area (Å²) in [4.78, 5) is 18.3. The Bertz CT molecular complexity index is 607. The van der Waals surface area contributed by atoms with E-state index in [1.165, 1.54) is 17.3 Å². The first-order chi connectivity index (χ1) is 8.74. The average Bonchev–Trinajstić information content (AvgIpc) is 2.79. The van der Waals surface area contributed by atoms with Crippen LogP contribution in [0.3, 0.4) is 0 Å². The number of thioether (sulfide) groups is 1. The number of carboxylic acids is 1. The van der Waals surface area contributed by atoms with E-state index >= 15 is 0 Å². The fourth-order valence-electron chi connectivity index (χ4n) is 2.22. The topological polar surface area (TPSA) is 66.0 Å². The second-order valence-electron chi connectivity index (χ2n) is 4.21. The van der Waals surface area contributed by atoms with Crippen molar-refractivity contribution in [1.82, 2.24) is 9.97 Å². The van der Waals surface area contributed by atoms with Gasteiger partial charge in [-0.2, -0.15) is 0 Å². The molecule has 3 rings (SSSR count). The Kier molecular flexibility index (Phi) is 2.83. The SMILES string of the molecule is O=C(O)CSc1nc2c([nH]1)CCc1ccccc1-2. The summed E-state index contributed by atoms with van der Waals surface area (Å²) in [5.74, 6) is -0.789. The van der Waals surface area contributed by atoms with E-state index in [9.17, 15) is 4.79 Å². The Balaban J connectivity index is 1.94. The van der Waals surface area contributed by atoms with Crippen molar-refractivity contribution in [3.63, 3.8) is 0 Å². The lowest BCUT2D eigenvalue weighted by Crippen LogP contribution is -2.02. The Labute approximate surface area is 108 Å². The molecule has 0 unspecified atom stereocenters. The third-order valence-corrected chi connectivity index (χ3v) is 3.86. The van der Waals surface area contributed by atoms with Gasteiger partial charge < -0.3 is 10.1 Å². The van der Waals surface area contributed by atoms with Crippen molar-refractivity contribution in [3.05, 3.63) is 35.5 Å². The molecule has 0 radical (unpaired) electrons. The van der Waals surface area contributed by atoms with Gasteiger partial charge in [-0.1, -0.05) is 36.0 Å². The van der Waals surface area contributed by atoms with Crippen molar-refractivity contribution < 1.29 is 9.90 Å². The lowest BCUT2D eigenvalue weighted by molar-refractivity contribution is -0.133. The first-order valence-electron chi connectivity index (χ1n) is 5.76. The first-order valence-corrected chi connectivity index (χ1v) is 6.74. The highest BCUT2D eigenvalue weighted by Gasteiger charge is 2.20. The zero-order chi connectivity index (χ0) is 12.5. The Hall–Kier alpha value is -1.75. The number of benzene rings is 1. The molecule has 0 bridgehead atoms. The molecule has 1 heterocycles. The molecule has 0 amide bonds. The number of fused-ring (bicyclic) bond motifs is 3. The Morgan fingerprint density at radius 2 is 2.22 bits per heavy atom. The fourth-order valence-corrected chi connectivity index (χ4v) is 2.83. The van der Waals surface area contributed by atoms with Crippen LogP contribution in [0, 0.1) is 0 Å². The van der Waals surface area contributed by atoms with Gasteiger partial charge in [0.25, 0.3) is 0 Å². The van der Waals surface area contributed by atoms with Crippen LogP contribution in [-0.4, -0.2) is 26.8 Å². The molecule has 0 saturated heterocycles. The van der Waals surface area contributed by atoms with Gasteiger partial charge in [-0.15, -0.1) is 0 Å². The number of aromatic amines is 1. The van der Waals surface area contributed by atoms with Gasteiger partial charge in [-0.25, -0.2) is 4.98 Å². The number of carboxylic acid groups (broad SMARTS) is 1. The highest BCUT2D eigenvalue weighted by molar-refractivity contribution is 7.99. The third kappa shape index (κ3) is 2.01. The maximum atomic E-state index is 10.6. The van der Waals surface area contributed by atoms with Crippen LogP contribution < -0.4 is 0 Å². The molecular formula is C13H12N2O2S. The van der Waals surface area contributed by atoms with Crippen LogP contribution in [0.2, 0.25) is 0 Å². The van der Waals surface area contributed by atoms with Crippen molar-refractivity contribution in [2.75, 3.05) is 5.75 Å². The maximum Gasteiger partial charge on any atom is 0.313 e. The van der Waals surface area contributed by atoms with Crippen LogP contribution in [0.5, 0.6) is 0 Å². The molecule has 2 N–H and O–H groups in total. The van der Waals surface area contributed by atoms with Gasteiger partial charge in [0.15, 0.2) is 5.16 Å². The van der Waals surface area contributed by atoms with Gasteiger partial charge in [0, 0.05) is 11.3 Å². The van der Waals surface area contributed by atoms with Gasteiger partial charge >= 0.3 is 5.97 Å². The molecular weight excluding hydrogens is 248 g/mol. The Morgan fingerprint density at radius 3 is 3.06 bits per heavy atom. The second kappa shape index (κ2) is 4.49. The van der Waals surface area contributed by atoms with Gasteiger partial charge in [0.1, 0.15) is 0 Å². The molecule has 0 aliphatic heterocycles. The quantitative estimate of drug-likeness (QED) is 0.831. The summed E-state index contributed by atoms with van der Waals surface area (Å²) in [6, 6.07) is 8.24. The van der Waals surface area contributed by atoms with Crippen LogP contribution in [0.25, 0.3) is 11.3 Å². The minimum absolute atomic E-state index is 0.0358. The molecule has 18 heavy (non-hydrogen) atoms. The minimum Gasteiger partial charge on any atom is -0.481 e. The molecule has 0 saturated carbocycles. The number of aromatic nitrogens is 2. The number of carbonyl (C=O) groups is 1. The van der Waals surface area contributed by atoms with Crippen molar-refractivity contribution >= 4 is 17.7 Å². The lowest BCUT2D eigenvalue weighted by Gasteiger charge is -2.13. The van der Waals surface area contributed by atoms with Gasteiger partial charge in [-0.3, -0.25) is 4.79 Å². The highest BCUT2D eigenvalue weighted by Crippen LogP contribution is 2.33. The molecule has 1 aliphatic carbocycles. The number of H-pyrrole nitrogens is 1. The van der Waals surface area contributed by atoms with E-state index in [0.29, 0.717) is 5.16 Å². The zero-order valence-electron chi connectivity index (χ0n) is 9.64. The molecule has 0 atom stereocenters. The highest BCUT2D eigenvalue weighted by atomic mass is 32.2. The van der Waals surface area contributed by atoms with Gasteiger partial charge in [0.05, 0.1) is 11.4 Å². The minimum atomic E-state index is -0.824. The third-order valence-electron chi connectivity index (χ3n) is 3.01. The van der Waals surface area contributed by atoms with Crippen molar-refractivity contribution in [3.8, 4) is 11.3 Å². The lowest BCUT2D eigenvalue weighted by atomic mass is 9.93. The molecule has 5 heteroatoms. The van der Waals surface area contributed by atoms with E-state index < -0.39 is 5.97 Å². The number of nitrogens with zero attached hydrogens (tertiary/aromatic N) is 1. The first kappa shape index (κ1) is 11.3. The number of rotatable bonds is 3. The molecule has 1 aromatic heterocycles. The maximum absolute atomic E-state index is 10.6. The standard InChI is InChI=1S/C13H12N2O2S/c16-11(17)7-18-13-14-10-6-5-8-3-1-2-4-9(8)12(10)15-13/h1-4H,5-7H2,(H,14,15)(H,16,17). The number of hydrogen-bond acceptors (Lipinski definition) is 3. The molecule has 0 fully saturated rings. The van der Waals surface area contributed by atoms with Crippen LogP contribution >= 0.6 is 11.8 Å². The van der Waals surface area contributed by atoms with E-state index in [4.69, 9.17) is 5.11 Å². The van der Waals surface area contributed by atoms with Gasteiger partial charge in [-0.05, 0) is 18.4 Å². The van der Waals surface area contributed by atoms with Crippen molar-refractivity contribution in [1.29, 1.82) is 0 Å². The largest absolute Gasteiger partial charge is 0.481 e. The molecule has 92 valence electrons. The Morgan fingerprint density at radius 1 is 1.39 bits per heavy atom. The molecule has 4 nitrogen and oxygen atoms in total. The second-order valence-corrected chi connectivity index (χ2v) is 5.17. The van der Waals surface area contributed by atoms with Crippen LogP contribution in [0.15, 0.2) is 29.4 Å².